The molecule has 2 aromatic heterocycles. The maximum absolute atomic E-state index is 13.9. The standard InChI is InChI=1S/C32H40N4O/c1-18-11-20-14-28-26(31(15-18)23(20)5-3-9-34-31)13-21(17-33-28)27-8-7-25-29(36-27)30(37)22-12-19(2)16-32(25)24(22)6-4-10-35-32/h7-8,13,17-20,22-24,34-35H,3-6,9-12,14-16H2,1-2H3/t18-,19-,20+,22-,23-,24-,31-,32-/m1/s1. The number of fused-ring (bicyclic) bond motifs is 2. The Morgan fingerprint density at radius 2 is 1.65 bits per heavy atom. The van der Waals surface area contributed by atoms with Crippen LogP contribution in [0.3, 0.4) is 0 Å². The van der Waals surface area contributed by atoms with Crippen molar-refractivity contribution in [1.29, 1.82) is 0 Å². The fourth-order valence-electron chi connectivity index (χ4n) is 10.3. The summed E-state index contributed by atoms with van der Waals surface area (Å²) in [5, 5.41) is 7.95. The van der Waals surface area contributed by atoms with Crippen LogP contribution >= 0.6 is 0 Å². The average Bonchev–Trinajstić information content (AvgIpc) is 2.90. The number of carbonyl (C=O) groups is 1. The molecule has 2 saturated carbocycles. The van der Waals surface area contributed by atoms with Crippen molar-refractivity contribution < 1.29 is 4.79 Å². The minimum atomic E-state index is -0.0745. The minimum Gasteiger partial charge on any atom is -0.307 e. The van der Waals surface area contributed by atoms with Crippen LogP contribution in [0.4, 0.5) is 0 Å². The largest absolute Gasteiger partial charge is 0.307 e. The number of ketones is 1. The van der Waals surface area contributed by atoms with E-state index in [1.165, 1.54) is 43.4 Å². The molecule has 5 nitrogen and oxygen atoms in total. The fraction of sp³-hybridized carbons (Fsp3) is 0.656. The number of nitrogens with one attached hydrogen (secondary N) is 2. The Kier molecular flexibility index (Phi) is 4.91. The molecule has 4 aliphatic carbocycles. The molecule has 37 heavy (non-hydrogen) atoms. The zero-order valence-electron chi connectivity index (χ0n) is 22.4. The minimum absolute atomic E-state index is 0.0621. The van der Waals surface area contributed by atoms with Crippen LogP contribution < -0.4 is 10.6 Å². The van der Waals surface area contributed by atoms with Crippen molar-refractivity contribution in [2.24, 2.45) is 35.5 Å². The van der Waals surface area contributed by atoms with Crippen LogP contribution in [0.15, 0.2) is 24.4 Å². The van der Waals surface area contributed by atoms with Crippen molar-refractivity contribution in [2.45, 2.75) is 82.7 Å². The zero-order chi connectivity index (χ0) is 24.9. The Morgan fingerprint density at radius 3 is 2.46 bits per heavy atom. The van der Waals surface area contributed by atoms with Gasteiger partial charge in [0.1, 0.15) is 5.69 Å². The van der Waals surface area contributed by atoms with E-state index >= 15 is 0 Å². The molecule has 0 aromatic carbocycles. The third kappa shape index (κ3) is 3.07. The van der Waals surface area contributed by atoms with E-state index in [2.05, 4.69) is 42.7 Å². The first-order chi connectivity index (χ1) is 18.0. The molecule has 0 unspecified atom stereocenters. The number of nitrogens with zero attached hydrogens (tertiary/aromatic N) is 2. The average molecular weight is 497 g/mol. The summed E-state index contributed by atoms with van der Waals surface area (Å²) >= 11 is 0. The topological polar surface area (TPSA) is 66.9 Å². The number of hydrogen-bond acceptors (Lipinski definition) is 5. The molecule has 0 spiro atoms. The first kappa shape index (κ1) is 22.8. The summed E-state index contributed by atoms with van der Waals surface area (Å²) in [5.41, 5.74) is 6.57. The van der Waals surface area contributed by atoms with E-state index in [-0.39, 0.29) is 22.8 Å². The van der Waals surface area contributed by atoms with E-state index in [9.17, 15) is 4.79 Å². The van der Waals surface area contributed by atoms with Gasteiger partial charge in [0.25, 0.3) is 0 Å². The molecule has 4 heterocycles. The van der Waals surface area contributed by atoms with Crippen molar-refractivity contribution in [2.75, 3.05) is 13.1 Å². The molecular formula is C32H40N4O. The molecule has 2 N–H and O–H groups in total. The Balaban J connectivity index is 1.24. The molecule has 2 saturated heterocycles. The smallest absolute Gasteiger partial charge is 0.184 e. The highest BCUT2D eigenvalue weighted by Crippen LogP contribution is 2.57. The lowest BCUT2D eigenvalue weighted by Gasteiger charge is -2.57. The van der Waals surface area contributed by atoms with Crippen molar-refractivity contribution in [3.8, 4) is 11.3 Å². The highest BCUT2D eigenvalue weighted by Gasteiger charge is 2.57. The van der Waals surface area contributed by atoms with Crippen LogP contribution in [-0.2, 0) is 17.5 Å². The van der Waals surface area contributed by atoms with E-state index in [1.807, 2.05) is 6.20 Å². The first-order valence-corrected chi connectivity index (χ1v) is 15.0. The number of hydrogen-bond donors (Lipinski definition) is 2. The second-order valence-corrected chi connectivity index (χ2v) is 13.6. The lowest BCUT2D eigenvalue weighted by atomic mass is 9.53. The Bertz CT molecular complexity index is 1290. The molecule has 2 aromatic rings. The van der Waals surface area contributed by atoms with E-state index in [1.54, 1.807) is 0 Å². The molecule has 194 valence electrons. The van der Waals surface area contributed by atoms with Crippen LogP contribution in [0.25, 0.3) is 11.3 Å². The predicted octanol–water partition coefficient (Wildman–Crippen LogP) is 5.38. The monoisotopic (exact) mass is 496 g/mol. The maximum Gasteiger partial charge on any atom is 0.184 e. The predicted molar refractivity (Wildman–Crippen MR) is 144 cm³/mol. The van der Waals surface area contributed by atoms with Crippen molar-refractivity contribution in [3.05, 3.63) is 46.9 Å². The second-order valence-electron chi connectivity index (χ2n) is 13.6. The van der Waals surface area contributed by atoms with E-state index in [4.69, 9.17) is 9.97 Å². The van der Waals surface area contributed by atoms with Crippen LogP contribution in [0.5, 0.6) is 0 Å². The highest BCUT2D eigenvalue weighted by molar-refractivity contribution is 6.00. The molecule has 8 rings (SSSR count). The summed E-state index contributed by atoms with van der Waals surface area (Å²) in [6.07, 6.45) is 12.7. The number of Topliss-reactive ketones (excluding diaryl/α,β-unsaturated/α-hetero) is 1. The van der Waals surface area contributed by atoms with E-state index in [0.29, 0.717) is 11.8 Å². The Hall–Kier alpha value is -2.11. The van der Waals surface area contributed by atoms with Gasteiger partial charge in [0.2, 0.25) is 0 Å². The summed E-state index contributed by atoms with van der Waals surface area (Å²) in [6, 6.07) is 6.82. The molecule has 5 heteroatoms. The molecule has 4 bridgehead atoms. The van der Waals surface area contributed by atoms with Gasteiger partial charge < -0.3 is 10.6 Å². The van der Waals surface area contributed by atoms with Crippen LogP contribution in [-0.4, -0.2) is 28.8 Å². The van der Waals surface area contributed by atoms with Gasteiger partial charge in [-0.3, -0.25) is 9.78 Å². The van der Waals surface area contributed by atoms with Gasteiger partial charge in [-0.1, -0.05) is 19.9 Å². The number of rotatable bonds is 1. The zero-order valence-corrected chi connectivity index (χ0v) is 22.4. The van der Waals surface area contributed by atoms with E-state index < -0.39 is 0 Å². The quantitative estimate of drug-likeness (QED) is 0.555. The number of carbonyl (C=O) groups excluding carboxylic acids is 1. The molecule has 4 fully saturated rings. The van der Waals surface area contributed by atoms with Crippen LogP contribution in [0.1, 0.15) is 92.5 Å². The lowest BCUT2D eigenvalue weighted by molar-refractivity contribution is 0.00808. The highest BCUT2D eigenvalue weighted by atomic mass is 16.1. The van der Waals surface area contributed by atoms with Crippen molar-refractivity contribution in [3.63, 3.8) is 0 Å². The van der Waals surface area contributed by atoms with Gasteiger partial charge in [-0.15, -0.1) is 0 Å². The third-order valence-corrected chi connectivity index (χ3v) is 11.4. The number of aromatic nitrogens is 2. The number of pyridine rings is 2. The van der Waals surface area contributed by atoms with Crippen LogP contribution in [0.2, 0.25) is 0 Å². The molecule has 0 amide bonds. The summed E-state index contributed by atoms with van der Waals surface area (Å²) in [4.78, 5) is 24.1. The van der Waals surface area contributed by atoms with E-state index in [0.717, 1.165) is 79.0 Å². The number of piperidine rings is 2. The molecule has 6 aliphatic rings. The van der Waals surface area contributed by atoms with Gasteiger partial charge in [-0.05, 0) is 118 Å². The summed E-state index contributed by atoms with van der Waals surface area (Å²) in [7, 11) is 0. The third-order valence-electron chi connectivity index (χ3n) is 11.4. The van der Waals surface area contributed by atoms with Gasteiger partial charge in [0.05, 0.1) is 5.69 Å². The van der Waals surface area contributed by atoms with Gasteiger partial charge in [0, 0.05) is 40.0 Å². The molecule has 2 aliphatic heterocycles. The molecule has 8 atom stereocenters. The van der Waals surface area contributed by atoms with Gasteiger partial charge >= 0.3 is 0 Å². The van der Waals surface area contributed by atoms with Gasteiger partial charge in [0.15, 0.2) is 5.78 Å². The second kappa shape index (κ2) is 7.95. The molecular weight excluding hydrogens is 456 g/mol. The first-order valence-electron chi connectivity index (χ1n) is 15.0. The fourth-order valence-corrected chi connectivity index (χ4v) is 10.3. The molecule has 0 radical (unpaired) electrons. The summed E-state index contributed by atoms with van der Waals surface area (Å²) in [5.74, 6) is 3.58. The summed E-state index contributed by atoms with van der Waals surface area (Å²) < 4.78 is 0. The lowest BCUT2D eigenvalue weighted by Crippen LogP contribution is -2.62. The SMILES string of the molecule is C[C@@H]1C[C@H]2Cc3ncc(-c4ccc5c(n4)C(=O)[C@@H]4C[C@@H](C)C[C@]56NCCC[C@H]46)cc3[C@]3(C1)NCCC[C@H]23. The van der Waals surface area contributed by atoms with Gasteiger partial charge in [-0.25, -0.2) is 4.98 Å². The van der Waals surface area contributed by atoms with Crippen molar-refractivity contribution in [1.82, 2.24) is 20.6 Å². The Morgan fingerprint density at radius 1 is 0.919 bits per heavy atom. The van der Waals surface area contributed by atoms with Crippen LogP contribution in [0, 0.1) is 35.5 Å². The summed E-state index contributed by atoms with van der Waals surface area (Å²) in [6.45, 7) is 6.89. The normalized spacial score (nSPS) is 41.7. The van der Waals surface area contributed by atoms with Crippen molar-refractivity contribution >= 4 is 5.78 Å². The van der Waals surface area contributed by atoms with Gasteiger partial charge in [-0.2, -0.15) is 0 Å². The Labute approximate surface area is 220 Å². The maximum atomic E-state index is 13.9.